The lowest BCUT2D eigenvalue weighted by atomic mass is 9.89. The van der Waals surface area contributed by atoms with Gasteiger partial charge in [-0.2, -0.15) is 0 Å². The van der Waals surface area contributed by atoms with Gasteiger partial charge >= 0.3 is 0 Å². The zero-order valence-corrected chi connectivity index (χ0v) is 14.4. The molecule has 3 nitrogen and oxygen atoms in total. The summed E-state index contributed by atoms with van der Waals surface area (Å²) < 4.78 is 0. The number of nitrogens with zero attached hydrogens (tertiary/aromatic N) is 1. The molecule has 3 heteroatoms. The maximum atomic E-state index is 9.11. The SMILES string of the molecule is CC(NCC(C)(C)CCO)c1ccc(N2CCCCC2)cc1. The molecule has 0 saturated carbocycles. The van der Waals surface area contributed by atoms with Gasteiger partial charge in [0.1, 0.15) is 0 Å². The van der Waals surface area contributed by atoms with E-state index in [1.165, 1.54) is 43.6 Å². The average molecular weight is 304 g/mol. The van der Waals surface area contributed by atoms with Gasteiger partial charge in [0.15, 0.2) is 0 Å². The summed E-state index contributed by atoms with van der Waals surface area (Å²) in [6, 6.07) is 9.37. The average Bonchev–Trinajstić information content (AvgIpc) is 2.54. The van der Waals surface area contributed by atoms with E-state index in [-0.39, 0.29) is 12.0 Å². The highest BCUT2D eigenvalue weighted by Crippen LogP contribution is 2.24. The molecule has 2 N–H and O–H groups in total. The molecule has 1 heterocycles. The topological polar surface area (TPSA) is 35.5 Å². The van der Waals surface area contributed by atoms with Gasteiger partial charge in [0.25, 0.3) is 0 Å². The molecule has 1 aliphatic heterocycles. The first kappa shape index (κ1) is 17.3. The van der Waals surface area contributed by atoms with Crippen molar-refractivity contribution in [2.24, 2.45) is 5.41 Å². The first-order chi connectivity index (χ1) is 10.5. The molecule has 0 aromatic heterocycles. The van der Waals surface area contributed by atoms with Gasteiger partial charge < -0.3 is 15.3 Å². The van der Waals surface area contributed by atoms with E-state index in [1.807, 2.05) is 0 Å². The van der Waals surface area contributed by atoms with Crippen LogP contribution in [0.15, 0.2) is 24.3 Å². The molecule has 0 aliphatic carbocycles. The van der Waals surface area contributed by atoms with E-state index in [2.05, 4.69) is 55.3 Å². The van der Waals surface area contributed by atoms with Crippen molar-refractivity contribution in [2.45, 2.75) is 52.5 Å². The molecule has 1 saturated heterocycles. The maximum absolute atomic E-state index is 9.11. The zero-order chi connectivity index (χ0) is 16.0. The number of piperidine rings is 1. The fraction of sp³-hybridized carbons (Fsp3) is 0.684. The van der Waals surface area contributed by atoms with Crippen LogP contribution in [0.25, 0.3) is 0 Å². The van der Waals surface area contributed by atoms with Crippen molar-refractivity contribution in [3.05, 3.63) is 29.8 Å². The van der Waals surface area contributed by atoms with Crippen molar-refractivity contribution in [3.63, 3.8) is 0 Å². The van der Waals surface area contributed by atoms with Crippen molar-refractivity contribution in [3.8, 4) is 0 Å². The molecule has 1 unspecified atom stereocenters. The van der Waals surface area contributed by atoms with Crippen LogP contribution in [0.3, 0.4) is 0 Å². The second-order valence-corrected chi connectivity index (χ2v) is 7.38. The molecule has 1 atom stereocenters. The summed E-state index contributed by atoms with van der Waals surface area (Å²) in [4.78, 5) is 2.50. The first-order valence-corrected chi connectivity index (χ1v) is 8.71. The van der Waals surface area contributed by atoms with Crippen molar-refractivity contribution in [1.82, 2.24) is 5.32 Å². The van der Waals surface area contributed by atoms with Crippen LogP contribution < -0.4 is 10.2 Å². The van der Waals surface area contributed by atoms with Crippen molar-refractivity contribution in [2.75, 3.05) is 31.1 Å². The molecule has 0 spiro atoms. The third-order valence-electron chi connectivity index (χ3n) is 4.79. The summed E-state index contributed by atoms with van der Waals surface area (Å²) in [7, 11) is 0. The van der Waals surface area contributed by atoms with Gasteiger partial charge in [-0.15, -0.1) is 0 Å². The smallest absolute Gasteiger partial charge is 0.0436 e. The second kappa shape index (κ2) is 7.98. The fourth-order valence-electron chi connectivity index (χ4n) is 3.06. The monoisotopic (exact) mass is 304 g/mol. The molecule has 0 radical (unpaired) electrons. The molecule has 22 heavy (non-hydrogen) atoms. The standard InChI is InChI=1S/C19H32N2O/c1-16(20-15-19(2,3)11-14-22)17-7-9-18(10-8-17)21-12-5-4-6-13-21/h7-10,16,20,22H,4-6,11-15H2,1-3H3. The Morgan fingerprint density at radius 3 is 2.36 bits per heavy atom. The summed E-state index contributed by atoms with van der Waals surface area (Å²) >= 11 is 0. The molecule has 124 valence electrons. The minimum Gasteiger partial charge on any atom is -0.396 e. The van der Waals surface area contributed by atoms with Crippen LogP contribution in [0.5, 0.6) is 0 Å². The molecule has 1 aromatic rings. The van der Waals surface area contributed by atoms with E-state index < -0.39 is 0 Å². The predicted molar refractivity (Wildman–Crippen MR) is 94.4 cm³/mol. The van der Waals surface area contributed by atoms with E-state index in [0.29, 0.717) is 6.04 Å². The third kappa shape index (κ3) is 4.99. The van der Waals surface area contributed by atoms with Gasteiger partial charge in [-0.25, -0.2) is 0 Å². The van der Waals surface area contributed by atoms with Crippen LogP contribution in [-0.4, -0.2) is 31.3 Å². The molecule has 1 fully saturated rings. The molecule has 1 aliphatic rings. The van der Waals surface area contributed by atoms with Crippen molar-refractivity contribution >= 4 is 5.69 Å². The van der Waals surface area contributed by atoms with Gasteiger partial charge in [0.05, 0.1) is 0 Å². The van der Waals surface area contributed by atoms with Crippen molar-refractivity contribution < 1.29 is 5.11 Å². The van der Waals surface area contributed by atoms with Crippen LogP contribution >= 0.6 is 0 Å². The van der Waals surface area contributed by atoms with Crippen molar-refractivity contribution in [1.29, 1.82) is 0 Å². The summed E-state index contributed by atoms with van der Waals surface area (Å²) in [5.41, 5.74) is 2.83. The van der Waals surface area contributed by atoms with E-state index >= 15 is 0 Å². The lowest BCUT2D eigenvalue weighted by Gasteiger charge is -2.29. The van der Waals surface area contributed by atoms with Gasteiger partial charge in [-0.3, -0.25) is 0 Å². The molecule has 0 amide bonds. The van der Waals surface area contributed by atoms with Crippen LogP contribution in [0, 0.1) is 5.41 Å². The number of rotatable bonds is 7. The summed E-state index contributed by atoms with van der Waals surface area (Å²) in [6.07, 6.45) is 4.85. The highest BCUT2D eigenvalue weighted by atomic mass is 16.3. The fourth-order valence-corrected chi connectivity index (χ4v) is 3.06. The normalized spacial score (nSPS) is 17.5. The second-order valence-electron chi connectivity index (χ2n) is 7.38. The van der Waals surface area contributed by atoms with E-state index in [9.17, 15) is 0 Å². The maximum Gasteiger partial charge on any atom is 0.0436 e. The number of anilines is 1. The highest BCUT2D eigenvalue weighted by molar-refractivity contribution is 5.48. The number of hydrogen-bond donors (Lipinski definition) is 2. The Balaban J connectivity index is 1.89. The summed E-state index contributed by atoms with van der Waals surface area (Å²) in [6.45, 7) is 10.2. The first-order valence-electron chi connectivity index (χ1n) is 8.71. The lowest BCUT2D eigenvalue weighted by Crippen LogP contribution is -2.32. The zero-order valence-electron chi connectivity index (χ0n) is 14.4. The number of nitrogens with one attached hydrogen (secondary N) is 1. The lowest BCUT2D eigenvalue weighted by molar-refractivity contribution is 0.204. The quantitative estimate of drug-likeness (QED) is 0.805. The Hall–Kier alpha value is -1.06. The highest BCUT2D eigenvalue weighted by Gasteiger charge is 2.18. The van der Waals surface area contributed by atoms with Gasteiger partial charge in [-0.1, -0.05) is 26.0 Å². The third-order valence-corrected chi connectivity index (χ3v) is 4.79. The Labute approximate surface area is 135 Å². The molecular formula is C19H32N2O. The molecule has 0 bridgehead atoms. The van der Waals surface area contributed by atoms with Crippen LogP contribution in [-0.2, 0) is 0 Å². The minimum atomic E-state index is 0.136. The molecular weight excluding hydrogens is 272 g/mol. The number of benzene rings is 1. The van der Waals surface area contributed by atoms with E-state index in [4.69, 9.17) is 5.11 Å². The Morgan fingerprint density at radius 2 is 1.77 bits per heavy atom. The van der Waals surface area contributed by atoms with E-state index in [1.54, 1.807) is 0 Å². The Morgan fingerprint density at radius 1 is 1.14 bits per heavy atom. The van der Waals surface area contributed by atoms with Gasteiger partial charge in [0.2, 0.25) is 0 Å². The number of aliphatic hydroxyl groups excluding tert-OH is 1. The Bertz CT molecular complexity index is 435. The number of aliphatic hydroxyl groups is 1. The number of hydrogen-bond acceptors (Lipinski definition) is 3. The van der Waals surface area contributed by atoms with Crippen LogP contribution in [0.1, 0.15) is 58.1 Å². The Kier molecular flexibility index (Phi) is 6.27. The van der Waals surface area contributed by atoms with Gasteiger partial charge in [-0.05, 0) is 55.7 Å². The summed E-state index contributed by atoms with van der Waals surface area (Å²) in [5.74, 6) is 0. The minimum absolute atomic E-state index is 0.136. The van der Waals surface area contributed by atoms with Crippen LogP contribution in [0.2, 0.25) is 0 Å². The largest absolute Gasteiger partial charge is 0.396 e. The van der Waals surface area contributed by atoms with Crippen LogP contribution in [0.4, 0.5) is 5.69 Å². The molecule has 2 rings (SSSR count). The predicted octanol–water partition coefficient (Wildman–Crippen LogP) is 3.74. The van der Waals surface area contributed by atoms with Gasteiger partial charge in [0, 0.05) is 38.0 Å². The summed E-state index contributed by atoms with van der Waals surface area (Å²) in [5, 5.41) is 12.7. The molecule has 1 aromatic carbocycles. The van der Waals surface area contributed by atoms with E-state index in [0.717, 1.165) is 13.0 Å².